The molecular formula is C14H15F6N3O3. The lowest BCUT2D eigenvalue weighted by molar-refractivity contribution is -0.201. The molecule has 5 rings (SSSR count). The second kappa shape index (κ2) is 5.83. The molecule has 1 aliphatic heterocycles. The lowest BCUT2D eigenvalue weighted by atomic mass is 9.31. The molecule has 26 heavy (non-hydrogen) atoms. The molecule has 0 unspecified atom stereocenters. The molecule has 2 bridgehead atoms. The second-order valence-corrected chi connectivity index (χ2v) is 7.12. The molecule has 4 aliphatic rings. The first-order chi connectivity index (χ1) is 11.9. The topological polar surface area (TPSA) is 88.3 Å². The Hall–Kier alpha value is -1.85. The van der Waals surface area contributed by atoms with Crippen molar-refractivity contribution >= 4 is 5.97 Å². The van der Waals surface area contributed by atoms with Crippen LogP contribution in [0.15, 0.2) is 4.42 Å². The van der Waals surface area contributed by atoms with Crippen LogP contribution in [0, 0.1) is 11.3 Å². The predicted molar refractivity (Wildman–Crippen MR) is 72.1 cm³/mol. The van der Waals surface area contributed by atoms with Crippen molar-refractivity contribution in [2.24, 2.45) is 11.3 Å². The van der Waals surface area contributed by atoms with Gasteiger partial charge in [-0.25, -0.2) is 4.79 Å². The molecule has 4 fully saturated rings. The number of carboxylic acid groups (broad SMARTS) is 1. The van der Waals surface area contributed by atoms with E-state index >= 15 is 0 Å². The van der Waals surface area contributed by atoms with Crippen molar-refractivity contribution in [1.82, 2.24) is 15.5 Å². The predicted octanol–water partition coefficient (Wildman–Crippen LogP) is 2.45. The maximum Gasteiger partial charge on any atom is 0.490 e. The summed E-state index contributed by atoms with van der Waals surface area (Å²) in [7, 11) is 0. The summed E-state index contributed by atoms with van der Waals surface area (Å²) in [4.78, 5) is 8.90. The average molecular weight is 387 g/mol. The molecule has 12 heteroatoms. The smallest absolute Gasteiger partial charge is 0.475 e. The zero-order valence-electron chi connectivity index (χ0n) is 13.2. The molecule has 2 heterocycles. The first-order valence-electron chi connectivity index (χ1n) is 7.76. The fourth-order valence-corrected chi connectivity index (χ4v) is 3.96. The summed E-state index contributed by atoms with van der Waals surface area (Å²) in [5.41, 5.74) is 0.302. The number of hydrogen-bond acceptors (Lipinski definition) is 5. The Bertz CT molecular complexity index is 675. The van der Waals surface area contributed by atoms with E-state index in [0.717, 1.165) is 38.3 Å². The van der Waals surface area contributed by atoms with Gasteiger partial charge in [-0.3, -0.25) is 0 Å². The third kappa shape index (κ3) is 3.38. The van der Waals surface area contributed by atoms with Crippen LogP contribution in [0.3, 0.4) is 0 Å². The summed E-state index contributed by atoms with van der Waals surface area (Å²) in [6.45, 7) is 2.14. The number of rotatable bonds is 3. The molecule has 0 spiro atoms. The summed E-state index contributed by atoms with van der Waals surface area (Å²) in [5.74, 6) is -1.92. The SMILES string of the molecule is FC(F)(F)Cc1nnc(C23CC(C4CNC4)(C2)C3)o1.O=C(O)C(F)(F)F. The minimum absolute atomic E-state index is 0.105. The highest BCUT2D eigenvalue weighted by atomic mass is 19.4. The highest BCUT2D eigenvalue weighted by Crippen LogP contribution is 2.76. The molecule has 0 atom stereocenters. The standard InChI is InChI=1S/C12H14F3N3O.C2HF3O2/c13-12(14,15)1-8-17-18-9(19-8)11-4-10(5-11,6-11)7-2-16-3-7;3-2(4,5)1(6)7/h7,16H,1-6H2;(H,6,7). The number of aromatic nitrogens is 2. The normalized spacial score (nSPS) is 30.4. The summed E-state index contributed by atoms with van der Waals surface area (Å²) in [6, 6.07) is 0. The quantitative estimate of drug-likeness (QED) is 0.775. The molecule has 0 aromatic carbocycles. The van der Waals surface area contributed by atoms with E-state index in [1.54, 1.807) is 0 Å². The molecule has 0 radical (unpaired) electrons. The Kier molecular flexibility index (Phi) is 4.24. The van der Waals surface area contributed by atoms with Gasteiger partial charge in [-0.2, -0.15) is 26.3 Å². The Morgan fingerprint density at radius 1 is 1.15 bits per heavy atom. The summed E-state index contributed by atoms with van der Waals surface area (Å²) in [6.07, 6.45) is -7.50. The van der Waals surface area contributed by atoms with E-state index < -0.39 is 24.7 Å². The lowest BCUT2D eigenvalue weighted by Crippen LogP contribution is -2.72. The van der Waals surface area contributed by atoms with Crippen molar-refractivity contribution in [1.29, 1.82) is 0 Å². The van der Waals surface area contributed by atoms with Crippen LogP contribution in [-0.2, 0) is 16.6 Å². The second-order valence-electron chi connectivity index (χ2n) is 7.12. The molecule has 3 aliphatic carbocycles. The molecule has 146 valence electrons. The number of carbonyl (C=O) groups is 1. The van der Waals surface area contributed by atoms with Crippen molar-refractivity contribution in [3.8, 4) is 0 Å². The van der Waals surface area contributed by atoms with Crippen molar-refractivity contribution in [2.45, 2.75) is 43.5 Å². The van der Waals surface area contributed by atoms with E-state index in [1.165, 1.54) is 0 Å². The number of hydrogen-bond donors (Lipinski definition) is 2. The Labute approximate surface area is 142 Å². The molecular weight excluding hydrogens is 372 g/mol. The van der Waals surface area contributed by atoms with Gasteiger partial charge >= 0.3 is 18.3 Å². The van der Waals surface area contributed by atoms with Gasteiger partial charge in [0.05, 0.1) is 5.41 Å². The fraction of sp³-hybridized carbons (Fsp3) is 0.786. The van der Waals surface area contributed by atoms with Crippen molar-refractivity contribution in [3.63, 3.8) is 0 Å². The number of aliphatic carboxylic acids is 1. The van der Waals surface area contributed by atoms with E-state index in [-0.39, 0.29) is 11.3 Å². The van der Waals surface area contributed by atoms with Crippen LogP contribution in [0.1, 0.15) is 31.0 Å². The van der Waals surface area contributed by atoms with E-state index in [2.05, 4.69) is 15.5 Å². The zero-order chi connectivity index (χ0) is 19.4. The molecule has 1 aromatic heterocycles. The molecule has 3 saturated carbocycles. The first kappa shape index (κ1) is 18.9. The van der Waals surface area contributed by atoms with Crippen molar-refractivity contribution < 1.29 is 40.7 Å². The van der Waals surface area contributed by atoms with Gasteiger partial charge in [-0.1, -0.05) is 0 Å². The van der Waals surface area contributed by atoms with E-state index in [9.17, 15) is 26.3 Å². The fourth-order valence-electron chi connectivity index (χ4n) is 3.96. The highest BCUT2D eigenvalue weighted by molar-refractivity contribution is 5.73. The van der Waals surface area contributed by atoms with Gasteiger partial charge in [0.25, 0.3) is 0 Å². The Morgan fingerprint density at radius 3 is 2.08 bits per heavy atom. The monoisotopic (exact) mass is 387 g/mol. The highest BCUT2D eigenvalue weighted by Gasteiger charge is 2.73. The molecule has 1 saturated heterocycles. The maximum atomic E-state index is 12.2. The van der Waals surface area contributed by atoms with Crippen LogP contribution in [0.25, 0.3) is 0 Å². The van der Waals surface area contributed by atoms with Crippen LogP contribution in [-0.4, -0.2) is 46.7 Å². The average Bonchev–Trinajstić information content (AvgIpc) is 2.74. The molecule has 1 aromatic rings. The molecule has 2 N–H and O–H groups in total. The molecule has 6 nitrogen and oxygen atoms in total. The summed E-state index contributed by atoms with van der Waals surface area (Å²) >= 11 is 0. The third-order valence-corrected chi connectivity index (χ3v) is 5.23. The van der Waals surface area contributed by atoms with Crippen LogP contribution in [0.4, 0.5) is 26.3 Å². The Morgan fingerprint density at radius 2 is 1.69 bits per heavy atom. The largest absolute Gasteiger partial charge is 0.490 e. The van der Waals surface area contributed by atoms with Crippen molar-refractivity contribution in [3.05, 3.63) is 11.8 Å². The van der Waals surface area contributed by atoms with Gasteiger partial charge in [0, 0.05) is 0 Å². The van der Waals surface area contributed by atoms with Crippen LogP contribution in [0.2, 0.25) is 0 Å². The van der Waals surface area contributed by atoms with Gasteiger partial charge in [0.2, 0.25) is 11.8 Å². The zero-order valence-corrected chi connectivity index (χ0v) is 13.2. The summed E-state index contributed by atoms with van der Waals surface area (Å²) < 4.78 is 73.7. The third-order valence-electron chi connectivity index (χ3n) is 5.23. The van der Waals surface area contributed by atoms with Crippen LogP contribution < -0.4 is 5.32 Å². The minimum atomic E-state index is -5.08. The lowest BCUT2D eigenvalue weighted by Gasteiger charge is -2.73. The van der Waals surface area contributed by atoms with Gasteiger partial charge in [0.15, 0.2) is 0 Å². The number of nitrogens with zero attached hydrogens (tertiary/aromatic N) is 2. The number of alkyl halides is 6. The van der Waals surface area contributed by atoms with Gasteiger partial charge in [-0.05, 0) is 43.7 Å². The van der Waals surface area contributed by atoms with Crippen LogP contribution >= 0.6 is 0 Å². The Balaban J connectivity index is 0.000000242. The van der Waals surface area contributed by atoms with E-state index in [0.29, 0.717) is 11.3 Å². The maximum absolute atomic E-state index is 12.2. The first-order valence-corrected chi connectivity index (χ1v) is 7.76. The minimum Gasteiger partial charge on any atom is -0.475 e. The van der Waals surface area contributed by atoms with Gasteiger partial charge in [-0.15, -0.1) is 10.2 Å². The van der Waals surface area contributed by atoms with E-state index in [1.807, 2.05) is 0 Å². The van der Waals surface area contributed by atoms with Crippen LogP contribution in [0.5, 0.6) is 0 Å². The number of carboxylic acids is 1. The number of halogens is 6. The van der Waals surface area contributed by atoms with Gasteiger partial charge < -0.3 is 14.8 Å². The summed E-state index contributed by atoms with van der Waals surface area (Å²) in [5, 5.41) is 17.8. The molecule has 0 amide bonds. The van der Waals surface area contributed by atoms with Gasteiger partial charge in [0.1, 0.15) is 6.42 Å². The number of nitrogens with one attached hydrogen (secondary N) is 1. The van der Waals surface area contributed by atoms with Crippen molar-refractivity contribution in [2.75, 3.05) is 13.1 Å². The van der Waals surface area contributed by atoms with E-state index in [4.69, 9.17) is 14.3 Å².